The second kappa shape index (κ2) is 11.9. The Morgan fingerprint density at radius 3 is 2.39 bits per heavy atom. The van der Waals surface area contributed by atoms with E-state index in [0.29, 0.717) is 5.56 Å². The van der Waals surface area contributed by atoms with E-state index in [1.165, 1.54) is 0 Å². The zero-order chi connectivity index (χ0) is 23.7. The molecule has 0 aliphatic heterocycles. The number of methoxy groups -OCH3 is 1. The minimum absolute atomic E-state index is 0.121. The molecule has 0 radical (unpaired) electrons. The highest BCUT2D eigenvalue weighted by atomic mass is 16.5. The zero-order valence-corrected chi connectivity index (χ0v) is 19.9. The average Bonchev–Trinajstić information content (AvgIpc) is 2.88. The van der Waals surface area contributed by atoms with Crippen molar-refractivity contribution in [3.8, 4) is 17.8 Å². The summed E-state index contributed by atoms with van der Waals surface area (Å²) in [6.45, 7) is 5.58. The number of carbonyl (C=O) groups excluding carboxylic acids is 1. The lowest BCUT2D eigenvalue weighted by Gasteiger charge is -2.36. The first-order valence-electron chi connectivity index (χ1n) is 11.9. The van der Waals surface area contributed by atoms with Crippen molar-refractivity contribution in [3.63, 3.8) is 0 Å². The quantitative estimate of drug-likeness (QED) is 0.460. The van der Waals surface area contributed by atoms with Gasteiger partial charge in [0.15, 0.2) is 5.60 Å². The van der Waals surface area contributed by atoms with Gasteiger partial charge in [-0.1, -0.05) is 68.7 Å². The first kappa shape index (κ1) is 24.8. The fraction of sp³-hybridized carbons (Fsp3) is 0.464. The molecule has 2 aromatic rings. The summed E-state index contributed by atoms with van der Waals surface area (Å²) in [7, 11) is 1.65. The van der Waals surface area contributed by atoms with E-state index in [1.807, 2.05) is 49.4 Å². The van der Waals surface area contributed by atoms with Crippen molar-refractivity contribution in [1.82, 2.24) is 4.90 Å². The van der Waals surface area contributed by atoms with E-state index in [9.17, 15) is 9.90 Å². The van der Waals surface area contributed by atoms with Gasteiger partial charge in [0.1, 0.15) is 11.9 Å². The SMILES string of the molecule is CCN(Cc1ccc(OC)cc1)C(C)C#COC(=O)C(O)(c1ccccc1)C1CCCCC1. The van der Waals surface area contributed by atoms with Crippen molar-refractivity contribution in [2.75, 3.05) is 13.7 Å². The number of rotatable bonds is 8. The van der Waals surface area contributed by atoms with Gasteiger partial charge < -0.3 is 14.6 Å². The smallest absolute Gasteiger partial charge is 0.357 e. The molecule has 2 atom stereocenters. The summed E-state index contributed by atoms with van der Waals surface area (Å²) in [5.41, 5.74) is 0.0538. The summed E-state index contributed by atoms with van der Waals surface area (Å²) in [4.78, 5) is 15.3. The minimum atomic E-state index is -1.67. The van der Waals surface area contributed by atoms with Gasteiger partial charge in [-0.15, -0.1) is 0 Å². The normalized spacial score (nSPS) is 16.9. The number of nitrogens with zero attached hydrogens (tertiary/aromatic N) is 1. The number of benzene rings is 2. The molecule has 2 aromatic carbocycles. The van der Waals surface area contributed by atoms with Crippen molar-refractivity contribution < 1.29 is 19.4 Å². The number of hydrogen-bond acceptors (Lipinski definition) is 5. The van der Waals surface area contributed by atoms with Crippen LogP contribution in [0, 0.1) is 17.9 Å². The van der Waals surface area contributed by atoms with E-state index >= 15 is 0 Å². The Morgan fingerprint density at radius 1 is 1.12 bits per heavy atom. The van der Waals surface area contributed by atoms with Crippen LogP contribution >= 0.6 is 0 Å². The largest absolute Gasteiger partial charge is 0.497 e. The van der Waals surface area contributed by atoms with Crippen LogP contribution in [-0.4, -0.2) is 35.7 Å². The summed E-state index contributed by atoms with van der Waals surface area (Å²) in [6, 6.07) is 17.0. The number of hydrogen-bond donors (Lipinski definition) is 1. The third-order valence-corrected chi connectivity index (χ3v) is 6.63. The molecule has 1 aliphatic rings. The summed E-state index contributed by atoms with van der Waals surface area (Å²) in [5, 5.41) is 11.6. The standard InChI is InChI=1S/C28H35NO4/c1-4-29(21-23-15-17-26(32-3)18-16-23)22(2)19-20-33-27(30)28(31,24-11-7-5-8-12-24)25-13-9-6-10-14-25/h5,7-8,11-12,15-18,22,25,31H,4,6,9-10,13-14,21H2,1-3H3. The lowest BCUT2D eigenvalue weighted by Crippen LogP contribution is -2.44. The average molecular weight is 450 g/mol. The molecule has 5 nitrogen and oxygen atoms in total. The predicted octanol–water partition coefficient (Wildman–Crippen LogP) is 4.88. The summed E-state index contributed by atoms with van der Waals surface area (Å²) >= 11 is 0. The lowest BCUT2D eigenvalue weighted by atomic mass is 9.73. The van der Waals surface area contributed by atoms with Gasteiger partial charge in [0.2, 0.25) is 0 Å². The molecule has 1 aliphatic carbocycles. The van der Waals surface area contributed by atoms with E-state index < -0.39 is 11.6 Å². The van der Waals surface area contributed by atoms with Gasteiger partial charge >= 0.3 is 5.97 Å². The first-order chi connectivity index (χ1) is 16.0. The summed E-state index contributed by atoms with van der Waals surface area (Å²) in [6.07, 6.45) is 7.35. The monoisotopic (exact) mass is 449 g/mol. The summed E-state index contributed by atoms with van der Waals surface area (Å²) < 4.78 is 10.6. The van der Waals surface area contributed by atoms with E-state index in [-0.39, 0.29) is 12.0 Å². The van der Waals surface area contributed by atoms with Gasteiger partial charge in [-0.05, 0) is 55.5 Å². The Morgan fingerprint density at radius 2 is 1.79 bits per heavy atom. The van der Waals surface area contributed by atoms with Crippen molar-refractivity contribution in [2.24, 2.45) is 5.92 Å². The summed E-state index contributed by atoms with van der Waals surface area (Å²) in [5.74, 6) is 3.01. The number of ether oxygens (including phenoxy) is 2. The topological polar surface area (TPSA) is 59.0 Å². The van der Waals surface area contributed by atoms with Gasteiger partial charge in [-0.3, -0.25) is 4.90 Å². The van der Waals surface area contributed by atoms with Crippen LogP contribution in [0.3, 0.4) is 0 Å². The molecule has 0 amide bonds. The Labute approximate surface area is 197 Å². The third kappa shape index (κ3) is 6.16. The zero-order valence-electron chi connectivity index (χ0n) is 19.9. The van der Waals surface area contributed by atoms with Crippen LogP contribution in [0.5, 0.6) is 5.75 Å². The Balaban J connectivity index is 1.69. The van der Waals surface area contributed by atoms with Crippen LogP contribution in [0.15, 0.2) is 54.6 Å². The molecular weight excluding hydrogens is 414 g/mol. The molecule has 0 saturated heterocycles. The molecule has 0 heterocycles. The van der Waals surface area contributed by atoms with Crippen molar-refractivity contribution in [2.45, 2.75) is 64.1 Å². The Bertz CT molecular complexity index is 941. The van der Waals surface area contributed by atoms with Gasteiger partial charge in [0.25, 0.3) is 0 Å². The fourth-order valence-corrected chi connectivity index (χ4v) is 4.55. The van der Waals surface area contributed by atoms with Crippen LogP contribution < -0.4 is 4.74 Å². The van der Waals surface area contributed by atoms with E-state index in [4.69, 9.17) is 9.47 Å². The maximum Gasteiger partial charge on any atom is 0.357 e. The Kier molecular flexibility index (Phi) is 8.94. The number of esters is 1. The van der Waals surface area contributed by atoms with Crippen LogP contribution in [0.25, 0.3) is 0 Å². The van der Waals surface area contributed by atoms with Gasteiger partial charge in [0.05, 0.1) is 13.2 Å². The molecule has 0 aromatic heterocycles. The molecule has 3 rings (SSSR count). The fourth-order valence-electron chi connectivity index (χ4n) is 4.55. The first-order valence-corrected chi connectivity index (χ1v) is 11.9. The van der Waals surface area contributed by atoms with E-state index in [2.05, 4.69) is 23.9 Å². The highest BCUT2D eigenvalue weighted by Gasteiger charge is 2.47. The molecule has 176 valence electrons. The lowest BCUT2D eigenvalue weighted by molar-refractivity contribution is -0.168. The van der Waals surface area contributed by atoms with Crippen LogP contribution in [-0.2, 0) is 21.7 Å². The number of aliphatic hydroxyl groups is 1. The second-order valence-electron chi connectivity index (χ2n) is 8.69. The Hall–Kier alpha value is -2.81. The highest BCUT2D eigenvalue weighted by molar-refractivity contribution is 5.82. The molecule has 1 saturated carbocycles. The molecule has 2 unspecified atom stereocenters. The minimum Gasteiger partial charge on any atom is -0.497 e. The van der Waals surface area contributed by atoms with E-state index in [1.54, 1.807) is 19.2 Å². The molecular formula is C28H35NO4. The van der Waals surface area contributed by atoms with Gasteiger partial charge in [-0.25, -0.2) is 4.79 Å². The molecule has 33 heavy (non-hydrogen) atoms. The third-order valence-electron chi connectivity index (χ3n) is 6.63. The van der Waals surface area contributed by atoms with Crippen molar-refractivity contribution in [1.29, 1.82) is 0 Å². The van der Waals surface area contributed by atoms with Gasteiger partial charge in [0, 0.05) is 12.5 Å². The molecule has 1 N–H and O–H groups in total. The predicted molar refractivity (Wildman–Crippen MR) is 129 cm³/mol. The van der Waals surface area contributed by atoms with Crippen LogP contribution in [0.2, 0.25) is 0 Å². The maximum absolute atomic E-state index is 13.1. The molecule has 0 spiro atoms. The molecule has 5 heteroatoms. The van der Waals surface area contributed by atoms with Crippen LogP contribution in [0.1, 0.15) is 57.1 Å². The van der Waals surface area contributed by atoms with Gasteiger partial charge in [-0.2, -0.15) is 0 Å². The van der Waals surface area contributed by atoms with E-state index in [0.717, 1.165) is 56.5 Å². The maximum atomic E-state index is 13.1. The second-order valence-corrected chi connectivity index (χ2v) is 8.69. The molecule has 1 fully saturated rings. The molecule has 0 bridgehead atoms. The van der Waals surface area contributed by atoms with Crippen molar-refractivity contribution >= 4 is 5.97 Å². The number of carbonyl (C=O) groups is 1. The van der Waals surface area contributed by atoms with Crippen molar-refractivity contribution in [3.05, 3.63) is 65.7 Å². The highest BCUT2D eigenvalue weighted by Crippen LogP contribution is 2.40. The van der Waals surface area contributed by atoms with Crippen LogP contribution in [0.4, 0.5) is 0 Å².